The minimum Gasteiger partial charge on any atom is -0.490 e. The van der Waals surface area contributed by atoms with Gasteiger partial charge in [0.25, 0.3) is 0 Å². The summed E-state index contributed by atoms with van der Waals surface area (Å²) in [5, 5.41) is 0. The van der Waals surface area contributed by atoms with Gasteiger partial charge in [0.1, 0.15) is 32.2 Å². The molecule has 0 saturated carbocycles. The minimum atomic E-state index is -0.414. The lowest BCUT2D eigenvalue weighted by molar-refractivity contribution is -0.138. The Morgan fingerprint density at radius 1 is 1.08 bits per heavy atom. The molecule has 25 heavy (non-hydrogen) atoms. The molecule has 2 aromatic carbocycles. The fraction of sp³-hybridized carbons (Fsp3) is 0.250. The third-order valence-corrected chi connectivity index (χ3v) is 3.66. The van der Waals surface area contributed by atoms with Gasteiger partial charge in [0.2, 0.25) is 0 Å². The van der Waals surface area contributed by atoms with Gasteiger partial charge in [0.05, 0.1) is 0 Å². The van der Waals surface area contributed by atoms with Gasteiger partial charge >= 0.3 is 5.97 Å². The van der Waals surface area contributed by atoms with Crippen molar-refractivity contribution in [2.45, 2.75) is 6.92 Å². The minimum absolute atomic E-state index is 0.193. The highest BCUT2D eigenvalue weighted by molar-refractivity contribution is 5.87. The number of esters is 1. The van der Waals surface area contributed by atoms with Gasteiger partial charge in [-0.1, -0.05) is 24.3 Å². The zero-order valence-electron chi connectivity index (χ0n) is 14.1. The number of aryl methyl sites for hydroxylation is 1. The Bertz CT molecular complexity index is 766. The Morgan fingerprint density at radius 2 is 1.88 bits per heavy atom. The summed E-state index contributed by atoms with van der Waals surface area (Å²) >= 11 is 0. The lowest BCUT2D eigenvalue weighted by atomic mass is 10.2. The van der Waals surface area contributed by atoms with E-state index >= 15 is 0 Å². The monoisotopic (exact) mass is 340 g/mol. The number of para-hydroxylation sites is 1. The average molecular weight is 340 g/mol. The maximum absolute atomic E-state index is 11.8. The first-order valence-corrected chi connectivity index (χ1v) is 8.15. The van der Waals surface area contributed by atoms with E-state index in [4.69, 9.17) is 18.9 Å². The van der Waals surface area contributed by atoms with E-state index in [1.165, 1.54) is 6.08 Å². The van der Waals surface area contributed by atoms with Crippen LogP contribution in [0.2, 0.25) is 0 Å². The summed E-state index contributed by atoms with van der Waals surface area (Å²) in [7, 11) is 0. The molecule has 0 amide bonds. The first kappa shape index (κ1) is 16.9. The highest BCUT2D eigenvalue weighted by atomic mass is 16.6. The van der Waals surface area contributed by atoms with Crippen LogP contribution >= 0.6 is 0 Å². The summed E-state index contributed by atoms with van der Waals surface area (Å²) in [6.07, 6.45) is 3.07. The largest absolute Gasteiger partial charge is 0.490 e. The Balaban J connectivity index is 1.44. The van der Waals surface area contributed by atoms with Crippen LogP contribution in [-0.2, 0) is 9.53 Å². The molecule has 0 aromatic heterocycles. The quantitative estimate of drug-likeness (QED) is 0.458. The number of carbonyl (C=O) groups excluding carboxylic acids is 1. The second kappa shape index (κ2) is 8.24. The predicted octanol–water partition coefficient (Wildman–Crippen LogP) is 3.40. The van der Waals surface area contributed by atoms with E-state index in [9.17, 15) is 4.79 Å². The van der Waals surface area contributed by atoms with Gasteiger partial charge in [0, 0.05) is 6.08 Å². The van der Waals surface area contributed by atoms with Gasteiger partial charge < -0.3 is 18.9 Å². The number of benzene rings is 2. The molecule has 0 N–H and O–H groups in total. The molecule has 5 nitrogen and oxygen atoms in total. The molecule has 1 aliphatic heterocycles. The van der Waals surface area contributed by atoms with Crippen molar-refractivity contribution in [3.05, 3.63) is 59.7 Å². The van der Waals surface area contributed by atoms with Crippen LogP contribution in [-0.4, -0.2) is 32.4 Å². The smallest absolute Gasteiger partial charge is 0.330 e. The summed E-state index contributed by atoms with van der Waals surface area (Å²) in [5.41, 5.74) is 1.89. The third kappa shape index (κ3) is 4.76. The van der Waals surface area contributed by atoms with Crippen LogP contribution in [0.15, 0.2) is 48.5 Å². The molecule has 0 fully saturated rings. The van der Waals surface area contributed by atoms with Crippen LogP contribution in [0.4, 0.5) is 0 Å². The van der Waals surface area contributed by atoms with Gasteiger partial charge in [0.15, 0.2) is 11.5 Å². The number of carbonyl (C=O) groups is 1. The number of fused-ring (bicyclic) bond motifs is 1. The maximum atomic E-state index is 11.8. The van der Waals surface area contributed by atoms with Crippen LogP contribution in [0.1, 0.15) is 11.1 Å². The Morgan fingerprint density at radius 3 is 2.72 bits per heavy atom. The van der Waals surface area contributed by atoms with E-state index in [1.54, 1.807) is 6.08 Å². The average Bonchev–Trinajstić information content (AvgIpc) is 2.64. The second-order valence-corrected chi connectivity index (χ2v) is 5.52. The standard InChI is InChI=1S/C20H20O5/c1-15-4-2-3-5-17(15)22-12-13-25-20(21)9-7-16-6-8-18-19(14-16)24-11-10-23-18/h2-9,14H,10-13H2,1H3/b9-7+. The molecule has 3 rings (SSSR count). The van der Waals surface area contributed by atoms with Crippen molar-refractivity contribution in [1.29, 1.82) is 0 Å². The first-order valence-electron chi connectivity index (χ1n) is 8.15. The van der Waals surface area contributed by atoms with E-state index < -0.39 is 5.97 Å². The van der Waals surface area contributed by atoms with Crippen LogP contribution < -0.4 is 14.2 Å². The van der Waals surface area contributed by atoms with Crippen molar-refractivity contribution in [2.24, 2.45) is 0 Å². The molecule has 0 aliphatic carbocycles. The van der Waals surface area contributed by atoms with Crippen molar-refractivity contribution in [3.63, 3.8) is 0 Å². The van der Waals surface area contributed by atoms with Gasteiger partial charge in [-0.15, -0.1) is 0 Å². The number of hydrogen-bond acceptors (Lipinski definition) is 5. The van der Waals surface area contributed by atoms with E-state index in [0.29, 0.717) is 25.6 Å². The van der Waals surface area contributed by atoms with Gasteiger partial charge in [-0.2, -0.15) is 0 Å². The van der Waals surface area contributed by atoms with Gasteiger partial charge in [-0.05, 0) is 42.3 Å². The molecule has 0 radical (unpaired) electrons. The third-order valence-electron chi connectivity index (χ3n) is 3.66. The lowest BCUT2D eigenvalue weighted by Crippen LogP contribution is -2.15. The normalized spacial score (nSPS) is 12.8. The maximum Gasteiger partial charge on any atom is 0.330 e. The van der Waals surface area contributed by atoms with E-state index in [-0.39, 0.29) is 6.61 Å². The second-order valence-electron chi connectivity index (χ2n) is 5.52. The molecular weight excluding hydrogens is 320 g/mol. The van der Waals surface area contributed by atoms with Crippen LogP contribution in [0.5, 0.6) is 17.2 Å². The van der Waals surface area contributed by atoms with Gasteiger partial charge in [-0.25, -0.2) is 4.79 Å². The van der Waals surface area contributed by atoms with Gasteiger partial charge in [-0.3, -0.25) is 0 Å². The molecule has 1 aliphatic rings. The van der Waals surface area contributed by atoms with Crippen molar-refractivity contribution >= 4 is 12.0 Å². The lowest BCUT2D eigenvalue weighted by Gasteiger charge is -2.18. The fourth-order valence-corrected chi connectivity index (χ4v) is 2.39. The van der Waals surface area contributed by atoms with Crippen molar-refractivity contribution in [3.8, 4) is 17.2 Å². The molecular formula is C20H20O5. The molecule has 5 heteroatoms. The molecule has 0 saturated heterocycles. The molecule has 0 atom stereocenters. The van der Waals surface area contributed by atoms with Crippen molar-refractivity contribution in [1.82, 2.24) is 0 Å². The fourth-order valence-electron chi connectivity index (χ4n) is 2.39. The van der Waals surface area contributed by atoms with Crippen LogP contribution in [0.25, 0.3) is 6.08 Å². The summed E-state index contributed by atoms with van der Waals surface area (Å²) in [6, 6.07) is 13.2. The Kier molecular flexibility index (Phi) is 5.57. The Labute approximate surface area is 146 Å². The summed E-state index contributed by atoms with van der Waals surface area (Å²) in [4.78, 5) is 11.8. The highest BCUT2D eigenvalue weighted by Gasteiger charge is 2.10. The molecule has 1 heterocycles. The van der Waals surface area contributed by atoms with E-state index in [2.05, 4.69) is 0 Å². The summed E-state index contributed by atoms with van der Waals surface area (Å²) in [6.45, 7) is 3.56. The molecule has 0 spiro atoms. The number of hydrogen-bond donors (Lipinski definition) is 0. The predicted molar refractivity (Wildman–Crippen MR) is 94.1 cm³/mol. The van der Waals surface area contributed by atoms with Crippen LogP contribution in [0, 0.1) is 6.92 Å². The zero-order chi connectivity index (χ0) is 17.5. The highest BCUT2D eigenvalue weighted by Crippen LogP contribution is 2.31. The number of ether oxygens (including phenoxy) is 4. The molecule has 0 unspecified atom stereocenters. The zero-order valence-corrected chi connectivity index (χ0v) is 14.1. The summed E-state index contributed by atoms with van der Waals surface area (Å²) < 4.78 is 21.7. The first-order chi connectivity index (χ1) is 12.2. The van der Waals surface area contributed by atoms with E-state index in [0.717, 1.165) is 22.6 Å². The van der Waals surface area contributed by atoms with Crippen molar-refractivity contribution in [2.75, 3.05) is 26.4 Å². The summed E-state index contributed by atoms with van der Waals surface area (Å²) in [5.74, 6) is 1.79. The van der Waals surface area contributed by atoms with E-state index in [1.807, 2.05) is 49.4 Å². The Hall–Kier alpha value is -2.95. The molecule has 130 valence electrons. The van der Waals surface area contributed by atoms with Crippen molar-refractivity contribution < 1.29 is 23.7 Å². The molecule has 2 aromatic rings. The number of rotatable bonds is 6. The van der Waals surface area contributed by atoms with Crippen LogP contribution in [0.3, 0.4) is 0 Å². The topological polar surface area (TPSA) is 54.0 Å². The molecule has 0 bridgehead atoms. The SMILES string of the molecule is Cc1ccccc1OCCOC(=O)/C=C/c1ccc2c(c1)OCCO2.